The van der Waals surface area contributed by atoms with Crippen molar-refractivity contribution in [3.05, 3.63) is 94.0 Å². The van der Waals surface area contributed by atoms with Gasteiger partial charge in [0.25, 0.3) is 0 Å². The number of fused-ring (bicyclic) bond motifs is 1. The molecule has 1 fully saturated rings. The highest BCUT2D eigenvalue weighted by molar-refractivity contribution is 7.97. The maximum atomic E-state index is 6.27. The van der Waals surface area contributed by atoms with Crippen molar-refractivity contribution in [2.24, 2.45) is 0 Å². The number of rotatable bonds is 7. The molecule has 2 aliphatic heterocycles. The van der Waals surface area contributed by atoms with E-state index in [2.05, 4.69) is 104 Å². The number of halogens is 1. The highest BCUT2D eigenvalue weighted by Gasteiger charge is 2.21. The molecule has 2 heterocycles. The second-order valence-electron chi connectivity index (χ2n) is 11.8. The molecule has 5 nitrogen and oxygen atoms in total. The molecule has 0 unspecified atom stereocenters. The second-order valence-corrected chi connectivity index (χ2v) is 14.6. The minimum absolute atomic E-state index is 0.851. The molecule has 1 saturated heterocycles. The number of hydrogen-bond acceptors (Lipinski definition) is 7. The summed E-state index contributed by atoms with van der Waals surface area (Å²) >= 11 is 10.2. The van der Waals surface area contributed by atoms with Gasteiger partial charge in [0.1, 0.15) is 0 Å². The number of anilines is 1. The molecule has 3 aromatic rings. The molecule has 0 atom stereocenters. The number of hydrogen-bond donors (Lipinski definition) is 0. The van der Waals surface area contributed by atoms with Crippen LogP contribution in [0.25, 0.3) is 0 Å². The van der Waals surface area contributed by atoms with Crippen LogP contribution < -0.4 is 4.90 Å². The Balaban J connectivity index is 1.25. The van der Waals surface area contributed by atoms with Gasteiger partial charge in [0.15, 0.2) is 0 Å². The maximum absolute atomic E-state index is 6.27. The summed E-state index contributed by atoms with van der Waals surface area (Å²) in [4.78, 5) is 6.16. The fourth-order valence-corrected chi connectivity index (χ4v) is 8.09. The summed E-state index contributed by atoms with van der Waals surface area (Å²) in [7, 11) is 4.20. The van der Waals surface area contributed by atoms with E-state index in [0.29, 0.717) is 0 Å². The van der Waals surface area contributed by atoms with Crippen LogP contribution in [0.5, 0.6) is 0 Å². The summed E-state index contributed by atoms with van der Waals surface area (Å²) in [5, 5.41) is 0.851. The highest BCUT2D eigenvalue weighted by Crippen LogP contribution is 2.30. The molecule has 0 bridgehead atoms. The van der Waals surface area contributed by atoms with Gasteiger partial charge < -0.3 is 4.90 Å². The number of benzene rings is 3. The molecule has 8 heteroatoms. The van der Waals surface area contributed by atoms with Crippen molar-refractivity contribution in [3.63, 3.8) is 0 Å². The van der Waals surface area contributed by atoms with E-state index in [0.717, 1.165) is 70.3 Å². The van der Waals surface area contributed by atoms with Crippen LogP contribution >= 0.6 is 35.7 Å². The van der Waals surface area contributed by atoms with Gasteiger partial charge in [0.05, 0.1) is 0 Å². The van der Waals surface area contributed by atoms with Gasteiger partial charge >= 0.3 is 0 Å². The molecule has 5 rings (SSSR count). The first-order valence-corrected chi connectivity index (χ1v) is 17.2. The van der Waals surface area contributed by atoms with Crippen molar-refractivity contribution in [1.82, 2.24) is 17.8 Å². The van der Waals surface area contributed by atoms with E-state index in [-0.39, 0.29) is 0 Å². The fraction of sp³-hybridized carbons (Fsp3) is 0.471. The largest absolute Gasteiger partial charge is 0.378 e. The van der Waals surface area contributed by atoms with Crippen molar-refractivity contribution in [1.29, 1.82) is 0 Å². The first kappa shape index (κ1) is 31.7. The van der Waals surface area contributed by atoms with Gasteiger partial charge in [-0.2, -0.15) is 0 Å². The predicted molar refractivity (Wildman–Crippen MR) is 183 cm³/mol. The van der Waals surface area contributed by atoms with Crippen molar-refractivity contribution in [2.75, 3.05) is 64.8 Å². The summed E-state index contributed by atoms with van der Waals surface area (Å²) in [6.07, 6.45) is 4.61. The SMILES string of the molecule is Cc1cccc(CN2CCCN(Sc3ccc(N(C)C)cc3)CCCN(SN3CCc4cc(Cl)ccc4C3)CCC2)c1. The minimum atomic E-state index is 0.851. The molecule has 2 aliphatic rings. The Morgan fingerprint density at radius 2 is 1.45 bits per heavy atom. The molecule has 42 heavy (non-hydrogen) atoms. The van der Waals surface area contributed by atoms with E-state index < -0.39 is 0 Å². The molecule has 0 amide bonds. The van der Waals surface area contributed by atoms with Gasteiger partial charge in [0, 0.05) is 87.6 Å². The van der Waals surface area contributed by atoms with Gasteiger partial charge in [0.2, 0.25) is 0 Å². The lowest BCUT2D eigenvalue weighted by atomic mass is 10.0. The van der Waals surface area contributed by atoms with Crippen molar-refractivity contribution < 1.29 is 0 Å². The first-order chi connectivity index (χ1) is 20.4. The van der Waals surface area contributed by atoms with Crippen molar-refractivity contribution in [3.8, 4) is 0 Å². The molecule has 3 aromatic carbocycles. The van der Waals surface area contributed by atoms with Crippen LogP contribution in [0.4, 0.5) is 5.69 Å². The lowest BCUT2D eigenvalue weighted by Gasteiger charge is -2.34. The third kappa shape index (κ3) is 9.65. The van der Waals surface area contributed by atoms with Gasteiger partial charge in [-0.1, -0.05) is 47.5 Å². The lowest BCUT2D eigenvalue weighted by Crippen LogP contribution is -2.35. The zero-order valence-corrected chi connectivity index (χ0v) is 27.9. The van der Waals surface area contributed by atoms with Crippen molar-refractivity contribution >= 4 is 41.4 Å². The fourth-order valence-electron chi connectivity index (χ4n) is 5.78. The molecule has 0 N–H and O–H groups in total. The van der Waals surface area contributed by atoms with Crippen LogP contribution in [-0.4, -0.2) is 77.7 Å². The summed E-state index contributed by atoms with van der Waals surface area (Å²) in [5.74, 6) is 0. The van der Waals surface area contributed by atoms with Gasteiger partial charge in [-0.05, 0) is 111 Å². The van der Waals surface area contributed by atoms with Gasteiger partial charge in [-0.15, -0.1) is 0 Å². The monoisotopic (exact) mass is 623 g/mol. The van der Waals surface area contributed by atoms with Crippen LogP contribution in [0, 0.1) is 6.92 Å². The Bertz CT molecular complexity index is 1270. The van der Waals surface area contributed by atoms with E-state index in [1.807, 2.05) is 30.1 Å². The summed E-state index contributed by atoms with van der Waals surface area (Å²) in [6, 6.07) is 24.4. The Morgan fingerprint density at radius 1 is 0.738 bits per heavy atom. The Labute approximate surface area is 267 Å². The molecule has 0 radical (unpaired) electrons. The van der Waals surface area contributed by atoms with Gasteiger partial charge in [-0.3, -0.25) is 4.90 Å². The smallest absolute Gasteiger partial charge is 0.0408 e. The standard InChI is InChI=1S/C34H46ClN5S2/c1-28-8-4-9-29(24-28)26-37-17-5-19-38(41-34-14-12-33(13-15-34)36(2)3)20-7-22-39(21-6-18-37)42-40-23-16-30-25-32(35)11-10-31(30)27-40/h4,8-15,24-25H,5-7,16-23,26-27H2,1-3H3. The number of aryl methyl sites for hydroxylation is 1. The molecule has 0 aliphatic carbocycles. The average Bonchev–Trinajstić information content (AvgIpc) is 2.96. The molecular formula is C34H46ClN5S2. The van der Waals surface area contributed by atoms with Gasteiger partial charge in [-0.25, -0.2) is 12.9 Å². The first-order valence-electron chi connectivity index (χ1n) is 15.3. The Hall–Kier alpha value is -1.71. The maximum Gasteiger partial charge on any atom is 0.0408 e. The second kappa shape index (κ2) is 15.8. The van der Waals surface area contributed by atoms with E-state index in [1.165, 1.54) is 52.1 Å². The molecular weight excluding hydrogens is 578 g/mol. The Morgan fingerprint density at radius 3 is 2.17 bits per heavy atom. The highest BCUT2D eigenvalue weighted by atomic mass is 35.5. The molecule has 0 aromatic heterocycles. The van der Waals surface area contributed by atoms with E-state index in [4.69, 9.17) is 11.6 Å². The zero-order valence-electron chi connectivity index (χ0n) is 25.5. The van der Waals surface area contributed by atoms with Crippen LogP contribution in [0.15, 0.2) is 71.6 Å². The summed E-state index contributed by atoms with van der Waals surface area (Å²) in [5.41, 5.74) is 6.84. The average molecular weight is 624 g/mol. The van der Waals surface area contributed by atoms with E-state index >= 15 is 0 Å². The van der Waals surface area contributed by atoms with E-state index in [9.17, 15) is 0 Å². The minimum Gasteiger partial charge on any atom is -0.378 e. The normalized spacial score (nSPS) is 18.7. The molecule has 0 saturated carbocycles. The predicted octanol–water partition coefficient (Wildman–Crippen LogP) is 7.63. The summed E-state index contributed by atoms with van der Waals surface area (Å²) < 4.78 is 7.77. The topological polar surface area (TPSA) is 16.2 Å². The quantitative estimate of drug-likeness (QED) is 0.248. The van der Waals surface area contributed by atoms with Crippen LogP contribution in [-0.2, 0) is 19.5 Å². The van der Waals surface area contributed by atoms with Crippen LogP contribution in [0.1, 0.15) is 41.5 Å². The molecule has 0 spiro atoms. The van der Waals surface area contributed by atoms with Crippen LogP contribution in [0.2, 0.25) is 5.02 Å². The zero-order chi connectivity index (χ0) is 29.3. The number of nitrogens with zero attached hydrogens (tertiary/aromatic N) is 5. The lowest BCUT2D eigenvalue weighted by molar-refractivity contribution is 0.235. The van der Waals surface area contributed by atoms with E-state index in [1.54, 1.807) is 0 Å². The molecule has 226 valence electrons. The summed E-state index contributed by atoms with van der Waals surface area (Å²) in [6.45, 7) is 11.9. The third-order valence-corrected chi connectivity index (χ3v) is 10.5. The van der Waals surface area contributed by atoms with Crippen molar-refractivity contribution in [2.45, 2.75) is 50.6 Å². The van der Waals surface area contributed by atoms with Crippen LogP contribution in [0.3, 0.4) is 0 Å². The third-order valence-electron chi connectivity index (χ3n) is 8.03. The Kier molecular flexibility index (Phi) is 12.0.